The van der Waals surface area contributed by atoms with Crippen LogP contribution in [0, 0.1) is 13.8 Å². The molecule has 5 nitrogen and oxygen atoms in total. The zero-order chi connectivity index (χ0) is 15.9. The molecular formula is C17H25ClN4O. The molecule has 1 aliphatic carbocycles. The number of halogens is 1. The SMILES string of the molecule is Cc1ccc(NC(=O)NC(N)=NC2=CCCCCC2)c(C)c1.Cl. The number of hydrogen-bond acceptors (Lipinski definition) is 2. The number of amides is 2. The summed E-state index contributed by atoms with van der Waals surface area (Å²) in [7, 11) is 0. The number of hydrogen-bond donors (Lipinski definition) is 3. The molecule has 0 unspecified atom stereocenters. The maximum atomic E-state index is 12.0. The number of nitrogens with zero attached hydrogens (tertiary/aromatic N) is 1. The lowest BCUT2D eigenvalue weighted by Crippen LogP contribution is -2.39. The second-order valence-corrected chi connectivity index (χ2v) is 5.69. The number of nitrogens with two attached hydrogens (primary N) is 1. The van der Waals surface area contributed by atoms with E-state index in [1.165, 1.54) is 12.8 Å². The lowest BCUT2D eigenvalue weighted by atomic mass is 10.1. The number of urea groups is 1. The minimum atomic E-state index is -0.373. The van der Waals surface area contributed by atoms with Crippen LogP contribution in [0.2, 0.25) is 0 Å². The van der Waals surface area contributed by atoms with E-state index in [2.05, 4.69) is 21.7 Å². The van der Waals surface area contributed by atoms with Crippen molar-refractivity contribution in [3.05, 3.63) is 41.1 Å². The van der Waals surface area contributed by atoms with E-state index in [4.69, 9.17) is 5.73 Å². The van der Waals surface area contributed by atoms with Gasteiger partial charge in [-0.15, -0.1) is 12.4 Å². The van der Waals surface area contributed by atoms with Crippen LogP contribution in [0.5, 0.6) is 0 Å². The molecule has 0 saturated carbocycles. The van der Waals surface area contributed by atoms with Gasteiger partial charge in [0.1, 0.15) is 0 Å². The molecule has 23 heavy (non-hydrogen) atoms. The van der Waals surface area contributed by atoms with E-state index in [-0.39, 0.29) is 24.4 Å². The number of nitrogens with one attached hydrogen (secondary N) is 2. The molecule has 0 fully saturated rings. The molecule has 2 rings (SSSR count). The molecule has 1 aromatic rings. The summed E-state index contributed by atoms with van der Waals surface area (Å²) >= 11 is 0. The number of aliphatic imine (C=N–C) groups is 1. The Bertz CT molecular complexity index is 611. The number of guanidine groups is 1. The first kappa shape index (κ1) is 19.0. The summed E-state index contributed by atoms with van der Waals surface area (Å²) in [5, 5.41) is 5.36. The topological polar surface area (TPSA) is 79.5 Å². The molecule has 0 heterocycles. The summed E-state index contributed by atoms with van der Waals surface area (Å²) in [6, 6.07) is 5.48. The van der Waals surface area contributed by atoms with Crippen LogP contribution in [0.15, 0.2) is 35.0 Å². The Hall–Kier alpha value is -2.01. The molecule has 0 bridgehead atoms. The van der Waals surface area contributed by atoms with Crippen molar-refractivity contribution in [2.45, 2.75) is 46.0 Å². The van der Waals surface area contributed by atoms with Crippen molar-refractivity contribution in [3.8, 4) is 0 Å². The van der Waals surface area contributed by atoms with Gasteiger partial charge in [0.25, 0.3) is 0 Å². The lowest BCUT2D eigenvalue weighted by molar-refractivity contribution is 0.256. The van der Waals surface area contributed by atoms with Gasteiger partial charge in [0, 0.05) is 11.4 Å². The smallest absolute Gasteiger partial charge is 0.326 e. The van der Waals surface area contributed by atoms with Crippen molar-refractivity contribution in [2.75, 3.05) is 5.32 Å². The Kier molecular flexibility index (Phi) is 7.62. The molecule has 2 amide bonds. The average molecular weight is 337 g/mol. The monoisotopic (exact) mass is 336 g/mol. The van der Waals surface area contributed by atoms with Crippen molar-refractivity contribution in [1.29, 1.82) is 0 Å². The summed E-state index contributed by atoms with van der Waals surface area (Å²) in [4.78, 5) is 16.3. The van der Waals surface area contributed by atoms with Gasteiger partial charge < -0.3 is 11.1 Å². The van der Waals surface area contributed by atoms with Crippen molar-refractivity contribution in [2.24, 2.45) is 10.7 Å². The number of rotatable bonds is 2. The molecule has 6 heteroatoms. The molecule has 0 spiro atoms. The van der Waals surface area contributed by atoms with E-state index >= 15 is 0 Å². The third-order valence-electron chi connectivity index (χ3n) is 3.65. The number of carbonyl (C=O) groups excluding carboxylic acids is 1. The van der Waals surface area contributed by atoms with E-state index in [0.29, 0.717) is 0 Å². The van der Waals surface area contributed by atoms with Gasteiger partial charge in [-0.2, -0.15) is 0 Å². The highest BCUT2D eigenvalue weighted by molar-refractivity contribution is 6.02. The minimum absolute atomic E-state index is 0. The van der Waals surface area contributed by atoms with Crippen LogP contribution in [0.4, 0.5) is 10.5 Å². The maximum Gasteiger partial charge on any atom is 0.326 e. The van der Waals surface area contributed by atoms with Gasteiger partial charge >= 0.3 is 6.03 Å². The molecule has 1 aliphatic rings. The van der Waals surface area contributed by atoms with Crippen LogP contribution in [-0.2, 0) is 0 Å². The van der Waals surface area contributed by atoms with Crippen LogP contribution < -0.4 is 16.4 Å². The van der Waals surface area contributed by atoms with Crippen molar-refractivity contribution in [1.82, 2.24) is 5.32 Å². The summed E-state index contributed by atoms with van der Waals surface area (Å²) in [6.07, 6.45) is 7.58. The Labute approximate surface area is 143 Å². The summed E-state index contributed by atoms with van der Waals surface area (Å²) < 4.78 is 0. The van der Waals surface area contributed by atoms with Crippen LogP contribution >= 0.6 is 12.4 Å². The predicted molar refractivity (Wildman–Crippen MR) is 98.1 cm³/mol. The number of carbonyl (C=O) groups is 1. The molecular weight excluding hydrogens is 312 g/mol. The van der Waals surface area contributed by atoms with Gasteiger partial charge in [0.05, 0.1) is 0 Å². The summed E-state index contributed by atoms with van der Waals surface area (Å²) in [5.74, 6) is 0.135. The first-order chi connectivity index (χ1) is 10.5. The van der Waals surface area contributed by atoms with Gasteiger partial charge in [0.2, 0.25) is 5.96 Å². The summed E-state index contributed by atoms with van der Waals surface area (Å²) in [5.41, 5.74) is 9.71. The van der Waals surface area contributed by atoms with Crippen molar-refractivity contribution >= 4 is 30.1 Å². The molecule has 0 aliphatic heterocycles. The van der Waals surface area contributed by atoms with Crippen LogP contribution in [0.1, 0.15) is 43.2 Å². The second-order valence-electron chi connectivity index (χ2n) is 5.69. The lowest BCUT2D eigenvalue weighted by Gasteiger charge is -2.10. The highest BCUT2D eigenvalue weighted by Gasteiger charge is 2.07. The van der Waals surface area contributed by atoms with E-state index in [1.54, 1.807) is 0 Å². The van der Waals surface area contributed by atoms with Gasteiger partial charge in [-0.1, -0.05) is 30.2 Å². The molecule has 0 radical (unpaired) electrons. The van der Waals surface area contributed by atoms with Crippen molar-refractivity contribution in [3.63, 3.8) is 0 Å². The van der Waals surface area contributed by atoms with Crippen LogP contribution in [0.3, 0.4) is 0 Å². The highest BCUT2D eigenvalue weighted by atomic mass is 35.5. The Morgan fingerprint density at radius 2 is 2.00 bits per heavy atom. The summed E-state index contributed by atoms with van der Waals surface area (Å²) in [6.45, 7) is 3.97. The Balaban J connectivity index is 0.00000264. The van der Waals surface area contributed by atoms with E-state index < -0.39 is 0 Å². The van der Waals surface area contributed by atoms with Crippen molar-refractivity contribution < 1.29 is 4.79 Å². The highest BCUT2D eigenvalue weighted by Crippen LogP contribution is 2.18. The van der Waals surface area contributed by atoms with Gasteiger partial charge in [-0.3, -0.25) is 5.32 Å². The van der Waals surface area contributed by atoms with Gasteiger partial charge in [0.15, 0.2) is 0 Å². The van der Waals surface area contributed by atoms with E-state index in [1.807, 2.05) is 32.0 Å². The van der Waals surface area contributed by atoms with Gasteiger partial charge in [-0.25, -0.2) is 9.79 Å². The fourth-order valence-corrected chi connectivity index (χ4v) is 2.51. The standard InChI is InChI=1S/C17H24N4O.ClH/c1-12-9-10-15(13(2)11-12)20-17(22)21-16(18)19-14-7-5-3-4-6-8-14;/h7,9-11H,3-6,8H2,1-2H3,(H4,18,19,20,21,22);1H. The number of aryl methyl sites for hydroxylation is 2. The van der Waals surface area contributed by atoms with E-state index in [0.717, 1.165) is 41.8 Å². The van der Waals surface area contributed by atoms with Crippen LogP contribution in [-0.4, -0.2) is 12.0 Å². The van der Waals surface area contributed by atoms with Crippen LogP contribution in [0.25, 0.3) is 0 Å². The zero-order valence-corrected chi connectivity index (χ0v) is 14.5. The first-order valence-electron chi connectivity index (χ1n) is 7.73. The molecule has 1 aromatic carbocycles. The minimum Gasteiger partial charge on any atom is -0.369 e. The predicted octanol–water partition coefficient (Wildman–Crippen LogP) is 4.01. The second kappa shape index (κ2) is 9.20. The largest absolute Gasteiger partial charge is 0.369 e. The Morgan fingerprint density at radius 3 is 2.74 bits per heavy atom. The third kappa shape index (κ3) is 6.32. The molecule has 4 N–H and O–H groups in total. The quantitative estimate of drug-likeness (QED) is 0.563. The molecule has 126 valence electrons. The average Bonchev–Trinajstić information content (AvgIpc) is 2.70. The normalized spacial score (nSPS) is 15.0. The fraction of sp³-hybridized carbons (Fsp3) is 0.412. The fourth-order valence-electron chi connectivity index (χ4n) is 2.51. The van der Waals surface area contributed by atoms with Gasteiger partial charge in [-0.05, 0) is 51.2 Å². The third-order valence-corrected chi connectivity index (χ3v) is 3.65. The zero-order valence-electron chi connectivity index (χ0n) is 13.7. The molecule has 0 aromatic heterocycles. The number of benzene rings is 1. The maximum absolute atomic E-state index is 12.0. The van der Waals surface area contributed by atoms with E-state index in [9.17, 15) is 4.79 Å². The molecule has 0 saturated heterocycles. The number of allylic oxidation sites excluding steroid dienone is 2. The molecule has 0 atom stereocenters. The number of anilines is 1. The first-order valence-corrected chi connectivity index (χ1v) is 7.73. The Morgan fingerprint density at radius 1 is 1.22 bits per heavy atom.